The van der Waals surface area contributed by atoms with Crippen LogP contribution in [0.2, 0.25) is 0 Å². The van der Waals surface area contributed by atoms with E-state index in [0.29, 0.717) is 12.8 Å². The van der Waals surface area contributed by atoms with Gasteiger partial charge in [0, 0.05) is 18.4 Å². The monoisotopic (exact) mass is 478 g/mol. The van der Waals surface area contributed by atoms with E-state index in [2.05, 4.69) is 34.9 Å². The molecular weight excluding hydrogens is 444 g/mol. The molecule has 0 saturated heterocycles. The highest BCUT2D eigenvalue weighted by molar-refractivity contribution is 5.84. The molecule has 186 valence electrons. The molecule has 0 heterocycles. The van der Waals surface area contributed by atoms with E-state index in [9.17, 15) is 19.5 Å². The Bertz CT molecular complexity index is 1020. The van der Waals surface area contributed by atoms with Crippen molar-refractivity contribution in [3.8, 4) is 11.1 Å². The van der Waals surface area contributed by atoms with Gasteiger partial charge in [-0.25, -0.2) is 9.59 Å². The van der Waals surface area contributed by atoms with Crippen LogP contribution in [-0.2, 0) is 14.3 Å². The van der Waals surface area contributed by atoms with Crippen LogP contribution in [0.1, 0.15) is 68.9 Å². The topological polar surface area (TPSA) is 105 Å². The zero-order chi connectivity index (χ0) is 24.8. The number of carbonyl (C=O) groups is 3. The van der Waals surface area contributed by atoms with Crippen molar-refractivity contribution in [2.75, 3.05) is 6.61 Å². The van der Waals surface area contributed by atoms with E-state index < -0.39 is 18.1 Å². The van der Waals surface area contributed by atoms with Crippen molar-refractivity contribution >= 4 is 18.0 Å². The first-order valence-electron chi connectivity index (χ1n) is 12.6. The molecule has 1 unspecified atom stereocenters. The maximum absolute atomic E-state index is 12.8. The molecule has 1 fully saturated rings. The minimum absolute atomic E-state index is 0.0354. The summed E-state index contributed by atoms with van der Waals surface area (Å²) in [7, 11) is 0. The van der Waals surface area contributed by atoms with Crippen LogP contribution in [0.3, 0.4) is 0 Å². The molecule has 2 aliphatic rings. The highest BCUT2D eigenvalue weighted by atomic mass is 16.5. The quantitative estimate of drug-likeness (QED) is 0.453. The van der Waals surface area contributed by atoms with Gasteiger partial charge in [0.15, 0.2) is 0 Å². The number of carboxylic acid groups (broad SMARTS) is 1. The summed E-state index contributed by atoms with van der Waals surface area (Å²) in [5.74, 6) is -1.26. The Hall–Kier alpha value is -3.35. The Morgan fingerprint density at radius 1 is 0.971 bits per heavy atom. The van der Waals surface area contributed by atoms with Crippen molar-refractivity contribution in [1.82, 2.24) is 10.6 Å². The maximum Gasteiger partial charge on any atom is 0.407 e. The third-order valence-corrected chi connectivity index (χ3v) is 7.23. The van der Waals surface area contributed by atoms with Crippen molar-refractivity contribution in [1.29, 1.82) is 0 Å². The predicted octanol–water partition coefficient (Wildman–Crippen LogP) is 4.84. The third kappa shape index (κ3) is 5.84. The number of fused-ring (bicyclic) bond motifs is 3. The van der Waals surface area contributed by atoms with Crippen molar-refractivity contribution in [2.24, 2.45) is 5.92 Å². The standard InChI is InChI=1S/C28H34N2O5/c1-2-9-24(27(32)33)29-26(31)16-25(18-10-3-4-11-18)30-28(34)35-17-23-21-14-7-5-12-19(21)20-13-6-8-15-22(20)23/h5-8,12-15,18,23-25H,2-4,9-11,16-17H2,1H3,(H,29,31)(H,30,34)(H,32,33)/t24-,25?/m1/s1. The molecule has 7 nitrogen and oxygen atoms in total. The minimum atomic E-state index is -1.04. The lowest BCUT2D eigenvalue weighted by atomic mass is 9.95. The zero-order valence-electron chi connectivity index (χ0n) is 20.2. The first-order chi connectivity index (χ1) is 17.0. The van der Waals surface area contributed by atoms with Crippen molar-refractivity contribution in [2.45, 2.75) is 69.9 Å². The molecule has 0 aromatic heterocycles. The van der Waals surface area contributed by atoms with Gasteiger partial charge in [-0.15, -0.1) is 0 Å². The summed E-state index contributed by atoms with van der Waals surface area (Å²) in [5.41, 5.74) is 4.61. The van der Waals surface area contributed by atoms with E-state index in [0.717, 1.165) is 47.9 Å². The van der Waals surface area contributed by atoms with Gasteiger partial charge in [0.2, 0.25) is 5.91 Å². The van der Waals surface area contributed by atoms with E-state index in [1.54, 1.807) is 0 Å². The second-order valence-electron chi connectivity index (χ2n) is 9.57. The molecule has 2 aromatic carbocycles. The molecule has 3 N–H and O–H groups in total. The Kier molecular flexibility index (Phi) is 8.06. The van der Waals surface area contributed by atoms with Gasteiger partial charge in [-0.2, -0.15) is 0 Å². The summed E-state index contributed by atoms with van der Waals surface area (Å²) in [4.78, 5) is 36.9. The predicted molar refractivity (Wildman–Crippen MR) is 133 cm³/mol. The molecule has 0 bridgehead atoms. The zero-order valence-corrected chi connectivity index (χ0v) is 20.2. The molecule has 0 spiro atoms. The molecule has 2 aliphatic carbocycles. The molecule has 1 saturated carbocycles. The van der Waals surface area contributed by atoms with Crippen LogP contribution in [0, 0.1) is 5.92 Å². The van der Waals surface area contributed by atoms with Crippen LogP contribution in [0.25, 0.3) is 11.1 Å². The summed E-state index contributed by atoms with van der Waals surface area (Å²) in [6, 6.07) is 15.0. The van der Waals surface area contributed by atoms with Gasteiger partial charge in [-0.05, 0) is 47.4 Å². The van der Waals surface area contributed by atoms with Crippen LogP contribution < -0.4 is 10.6 Å². The Morgan fingerprint density at radius 3 is 2.14 bits per heavy atom. The first kappa shape index (κ1) is 24.8. The number of hydrogen-bond acceptors (Lipinski definition) is 4. The highest BCUT2D eigenvalue weighted by Gasteiger charge is 2.32. The number of amides is 2. The second-order valence-corrected chi connectivity index (χ2v) is 9.57. The first-order valence-corrected chi connectivity index (χ1v) is 12.6. The Morgan fingerprint density at radius 2 is 1.57 bits per heavy atom. The fourth-order valence-corrected chi connectivity index (χ4v) is 5.49. The highest BCUT2D eigenvalue weighted by Crippen LogP contribution is 2.44. The minimum Gasteiger partial charge on any atom is -0.480 e. The van der Waals surface area contributed by atoms with Gasteiger partial charge in [-0.3, -0.25) is 4.79 Å². The molecule has 0 radical (unpaired) electrons. The lowest BCUT2D eigenvalue weighted by Gasteiger charge is -2.25. The Balaban J connectivity index is 1.39. The van der Waals surface area contributed by atoms with Gasteiger partial charge >= 0.3 is 12.1 Å². The number of aliphatic carboxylic acids is 1. The lowest BCUT2D eigenvalue weighted by Crippen LogP contribution is -2.47. The molecule has 0 aliphatic heterocycles. The number of hydrogen-bond donors (Lipinski definition) is 3. The fraction of sp³-hybridized carbons (Fsp3) is 0.464. The normalized spacial score (nSPS) is 16.7. The summed E-state index contributed by atoms with van der Waals surface area (Å²) in [6.07, 6.45) is 4.50. The largest absolute Gasteiger partial charge is 0.480 e. The number of ether oxygens (including phenoxy) is 1. The summed E-state index contributed by atoms with van der Waals surface area (Å²) >= 11 is 0. The molecule has 7 heteroatoms. The van der Waals surface area contributed by atoms with Crippen molar-refractivity contribution in [3.63, 3.8) is 0 Å². The van der Waals surface area contributed by atoms with E-state index in [1.165, 1.54) is 0 Å². The molecule has 2 amide bonds. The summed E-state index contributed by atoms with van der Waals surface area (Å²) in [6.45, 7) is 2.09. The molecular formula is C28H34N2O5. The van der Waals surface area contributed by atoms with E-state index >= 15 is 0 Å². The lowest BCUT2D eigenvalue weighted by molar-refractivity contribution is -0.142. The van der Waals surface area contributed by atoms with Gasteiger partial charge in [0.1, 0.15) is 12.6 Å². The van der Waals surface area contributed by atoms with Crippen molar-refractivity contribution in [3.05, 3.63) is 59.7 Å². The number of alkyl carbamates (subject to hydrolysis) is 1. The average molecular weight is 479 g/mol. The third-order valence-electron chi connectivity index (χ3n) is 7.23. The van der Waals surface area contributed by atoms with Crippen LogP contribution in [0.5, 0.6) is 0 Å². The van der Waals surface area contributed by atoms with Gasteiger partial charge < -0.3 is 20.5 Å². The summed E-state index contributed by atoms with van der Waals surface area (Å²) in [5, 5.41) is 14.9. The number of nitrogens with one attached hydrogen (secondary N) is 2. The van der Waals surface area contributed by atoms with Crippen LogP contribution >= 0.6 is 0 Å². The van der Waals surface area contributed by atoms with Gasteiger partial charge in [-0.1, -0.05) is 74.7 Å². The van der Waals surface area contributed by atoms with Crippen molar-refractivity contribution < 1.29 is 24.2 Å². The smallest absolute Gasteiger partial charge is 0.407 e. The number of carbonyl (C=O) groups excluding carboxylic acids is 2. The molecule has 4 rings (SSSR count). The number of carboxylic acids is 1. The van der Waals surface area contributed by atoms with Crippen LogP contribution in [0.15, 0.2) is 48.5 Å². The molecule has 35 heavy (non-hydrogen) atoms. The van der Waals surface area contributed by atoms with Crippen LogP contribution in [-0.4, -0.2) is 41.8 Å². The van der Waals surface area contributed by atoms with E-state index in [-0.39, 0.29) is 36.8 Å². The SMILES string of the molecule is CCC[C@@H](NC(=O)CC(NC(=O)OCC1c2ccccc2-c2ccccc21)C1CCCC1)C(=O)O. The van der Waals surface area contributed by atoms with E-state index in [4.69, 9.17) is 4.74 Å². The fourth-order valence-electron chi connectivity index (χ4n) is 5.49. The average Bonchev–Trinajstić information content (AvgIpc) is 3.49. The van der Waals surface area contributed by atoms with E-state index in [1.807, 2.05) is 31.2 Å². The van der Waals surface area contributed by atoms with Gasteiger partial charge in [0.25, 0.3) is 0 Å². The number of benzene rings is 2. The summed E-state index contributed by atoms with van der Waals surface area (Å²) < 4.78 is 5.69. The van der Waals surface area contributed by atoms with Crippen LogP contribution in [0.4, 0.5) is 4.79 Å². The molecule has 2 aromatic rings. The number of rotatable bonds is 10. The molecule has 2 atom stereocenters. The van der Waals surface area contributed by atoms with Gasteiger partial charge in [0.05, 0.1) is 0 Å². The second kappa shape index (κ2) is 11.4. The Labute approximate surface area is 206 Å². The maximum atomic E-state index is 12.8.